The van der Waals surface area contributed by atoms with Crippen LogP contribution in [0, 0.1) is 0 Å². The number of anilines is 1. The Hall–Kier alpha value is -2.61. The zero-order valence-electron chi connectivity index (χ0n) is 13.1. The van der Waals surface area contributed by atoms with E-state index in [2.05, 4.69) is 10.3 Å². The quantitative estimate of drug-likeness (QED) is 0.899. The van der Waals surface area contributed by atoms with Gasteiger partial charge in [0.25, 0.3) is 0 Å². The minimum atomic E-state index is -0.513. The van der Waals surface area contributed by atoms with Gasteiger partial charge in [-0.15, -0.1) is 11.3 Å². The van der Waals surface area contributed by atoms with Gasteiger partial charge in [0.2, 0.25) is 0 Å². The average molecular weight is 347 g/mol. The van der Waals surface area contributed by atoms with Gasteiger partial charge in [0.15, 0.2) is 0 Å². The van der Waals surface area contributed by atoms with Crippen LogP contribution in [0.2, 0.25) is 0 Å². The van der Waals surface area contributed by atoms with E-state index in [9.17, 15) is 9.59 Å². The van der Waals surface area contributed by atoms with Gasteiger partial charge in [0.05, 0.1) is 30.3 Å². The Kier molecular flexibility index (Phi) is 4.95. The van der Waals surface area contributed by atoms with Gasteiger partial charge in [0, 0.05) is 6.20 Å². The number of hydrogen-bond acceptors (Lipinski definition) is 6. The topological polar surface area (TPSA) is 80.8 Å². The highest BCUT2D eigenvalue weighted by molar-refractivity contribution is 7.19. The summed E-state index contributed by atoms with van der Waals surface area (Å²) in [5.41, 5.74) is 0.863. The van der Waals surface area contributed by atoms with Gasteiger partial charge in [-0.2, -0.15) is 0 Å². The van der Waals surface area contributed by atoms with E-state index in [0.717, 1.165) is 15.6 Å². The third kappa shape index (κ3) is 3.65. The molecule has 0 bridgehead atoms. The van der Waals surface area contributed by atoms with Crippen LogP contribution in [0.3, 0.4) is 0 Å². The first-order valence-electron chi connectivity index (χ1n) is 7.57. The molecule has 1 saturated heterocycles. The second-order valence-electron chi connectivity index (χ2n) is 5.07. The Bertz CT molecular complexity index is 719. The molecule has 1 fully saturated rings. The zero-order valence-corrected chi connectivity index (χ0v) is 13.9. The number of cyclic esters (lactones) is 1. The Balaban J connectivity index is 1.62. The maximum atomic E-state index is 12.1. The molecule has 1 N–H and O–H groups in total. The predicted octanol–water partition coefficient (Wildman–Crippen LogP) is 2.88. The molecule has 1 aliphatic rings. The lowest BCUT2D eigenvalue weighted by Crippen LogP contribution is -2.34. The summed E-state index contributed by atoms with van der Waals surface area (Å²) >= 11 is 1.47. The summed E-state index contributed by atoms with van der Waals surface area (Å²) < 4.78 is 10.1. The molecular formula is C16H17N3O4S. The lowest BCUT2D eigenvalue weighted by atomic mass is 10.3. The molecular weight excluding hydrogens is 330 g/mol. The number of pyridine rings is 1. The average Bonchev–Trinajstić information content (AvgIpc) is 3.21. The summed E-state index contributed by atoms with van der Waals surface area (Å²) in [7, 11) is 0. The number of nitrogens with zero attached hydrogens (tertiary/aromatic N) is 2. The third-order valence-corrected chi connectivity index (χ3v) is 4.53. The summed E-state index contributed by atoms with van der Waals surface area (Å²) in [5, 5.41) is 3.37. The van der Waals surface area contributed by atoms with Gasteiger partial charge in [-0.3, -0.25) is 9.88 Å². The first-order chi connectivity index (χ1) is 11.7. The van der Waals surface area contributed by atoms with Crippen molar-refractivity contribution < 1.29 is 19.1 Å². The molecule has 24 heavy (non-hydrogen) atoms. The van der Waals surface area contributed by atoms with E-state index in [1.54, 1.807) is 18.0 Å². The molecule has 7 nitrogen and oxygen atoms in total. The fourth-order valence-electron chi connectivity index (χ4n) is 2.31. The normalized spacial score (nSPS) is 16.8. The van der Waals surface area contributed by atoms with Gasteiger partial charge in [-0.05, 0) is 31.2 Å². The second-order valence-corrected chi connectivity index (χ2v) is 6.13. The number of thiophene rings is 1. The zero-order chi connectivity index (χ0) is 16.9. The minimum Gasteiger partial charge on any atom is -0.450 e. The van der Waals surface area contributed by atoms with Gasteiger partial charge >= 0.3 is 12.2 Å². The molecule has 0 saturated carbocycles. The van der Waals surface area contributed by atoms with E-state index >= 15 is 0 Å². The number of aromatic nitrogens is 1. The minimum absolute atomic E-state index is 0.222. The van der Waals surface area contributed by atoms with Gasteiger partial charge < -0.3 is 14.8 Å². The van der Waals surface area contributed by atoms with Gasteiger partial charge in [-0.1, -0.05) is 6.07 Å². The summed E-state index contributed by atoms with van der Waals surface area (Å²) in [6.45, 7) is 2.63. The molecule has 126 valence electrons. The molecule has 0 spiro atoms. The molecule has 2 aromatic heterocycles. The van der Waals surface area contributed by atoms with Crippen molar-refractivity contribution in [2.24, 2.45) is 0 Å². The van der Waals surface area contributed by atoms with Crippen LogP contribution in [0.4, 0.5) is 14.6 Å². The Morgan fingerprint density at radius 3 is 3.08 bits per heavy atom. The standard InChI is InChI=1S/C16H17N3O4S/c1-2-22-15(20)18-9-11-10-19(16(21)23-11)14-7-6-13(24-14)12-5-3-4-8-17-12/h3-8,11H,2,9-10H2,1H3,(H,18,20)/t11-/m1/s1. The van der Waals surface area contributed by atoms with Crippen LogP contribution in [0.15, 0.2) is 36.5 Å². The second kappa shape index (κ2) is 7.31. The highest BCUT2D eigenvalue weighted by Gasteiger charge is 2.33. The van der Waals surface area contributed by atoms with Gasteiger partial charge in [-0.25, -0.2) is 9.59 Å². The Morgan fingerprint density at radius 2 is 2.33 bits per heavy atom. The van der Waals surface area contributed by atoms with Crippen LogP contribution in [0.5, 0.6) is 0 Å². The molecule has 1 aliphatic heterocycles. The van der Waals surface area contributed by atoms with Crippen LogP contribution in [-0.4, -0.2) is 43.0 Å². The number of ether oxygens (including phenoxy) is 2. The number of nitrogens with one attached hydrogen (secondary N) is 1. The fraction of sp³-hybridized carbons (Fsp3) is 0.312. The fourth-order valence-corrected chi connectivity index (χ4v) is 3.29. The molecule has 3 rings (SSSR count). The molecule has 3 heterocycles. The maximum Gasteiger partial charge on any atom is 0.415 e. The number of amides is 2. The van der Waals surface area contributed by atoms with E-state index in [4.69, 9.17) is 9.47 Å². The van der Waals surface area contributed by atoms with Crippen molar-refractivity contribution in [3.8, 4) is 10.6 Å². The summed E-state index contributed by atoms with van der Waals surface area (Å²) in [6.07, 6.45) is 0.401. The lowest BCUT2D eigenvalue weighted by molar-refractivity contribution is 0.127. The van der Waals surface area contributed by atoms with Crippen molar-refractivity contribution >= 4 is 28.5 Å². The summed E-state index contributed by atoms with van der Waals surface area (Å²) in [4.78, 5) is 30.2. The number of hydrogen-bond donors (Lipinski definition) is 1. The molecule has 0 unspecified atom stereocenters. The number of rotatable bonds is 5. The first kappa shape index (κ1) is 16.3. The van der Waals surface area contributed by atoms with Crippen LogP contribution >= 0.6 is 11.3 Å². The molecule has 2 aromatic rings. The first-order valence-corrected chi connectivity index (χ1v) is 8.39. The Labute approximate surface area is 143 Å². The van der Waals surface area contributed by atoms with Crippen LogP contribution < -0.4 is 10.2 Å². The molecule has 0 aliphatic carbocycles. The van der Waals surface area contributed by atoms with Crippen molar-refractivity contribution in [2.45, 2.75) is 13.0 Å². The number of carbonyl (C=O) groups excluding carboxylic acids is 2. The molecule has 8 heteroatoms. The van der Waals surface area contributed by atoms with Gasteiger partial charge in [0.1, 0.15) is 11.1 Å². The SMILES string of the molecule is CCOC(=O)NC[C@@H]1CN(c2ccc(-c3ccccn3)s2)C(=O)O1. The van der Waals surface area contributed by atoms with E-state index in [-0.39, 0.29) is 6.54 Å². The molecule has 0 radical (unpaired) electrons. The van der Waals surface area contributed by atoms with Crippen molar-refractivity contribution in [1.29, 1.82) is 0 Å². The van der Waals surface area contributed by atoms with E-state index in [0.29, 0.717) is 13.2 Å². The smallest absolute Gasteiger partial charge is 0.415 e. The monoisotopic (exact) mass is 347 g/mol. The summed E-state index contributed by atoms with van der Waals surface area (Å²) in [5.74, 6) is 0. The number of alkyl carbamates (subject to hydrolysis) is 1. The van der Waals surface area contributed by atoms with Crippen LogP contribution in [-0.2, 0) is 9.47 Å². The van der Waals surface area contributed by atoms with Crippen LogP contribution in [0.25, 0.3) is 10.6 Å². The summed E-state index contributed by atoms with van der Waals surface area (Å²) in [6, 6.07) is 9.50. The predicted molar refractivity (Wildman–Crippen MR) is 90.2 cm³/mol. The maximum absolute atomic E-state index is 12.1. The van der Waals surface area contributed by atoms with E-state index in [1.807, 2.05) is 30.3 Å². The van der Waals surface area contributed by atoms with Crippen molar-refractivity contribution in [3.05, 3.63) is 36.5 Å². The lowest BCUT2D eigenvalue weighted by Gasteiger charge is -2.10. The highest BCUT2D eigenvalue weighted by atomic mass is 32.1. The largest absolute Gasteiger partial charge is 0.450 e. The van der Waals surface area contributed by atoms with Crippen molar-refractivity contribution in [1.82, 2.24) is 10.3 Å². The molecule has 1 atom stereocenters. The van der Waals surface area contributed by atoms with Crippen molar-refractivity contribution in [2.75, 3.05) is 24.6 Å². The molecule has 0 aromatic carbocycles. The molecule has 2 amide bonds. The van der Waals surface area contributed by atoms with Crippen molar-refractivity contribution in [3.63, 3.8) is 0 Å². The number of carbonyl (C=O) groups is 2. The van der Waals surface area contributed by atoms with E-state index < -0.39 is 18.3 Å². The van der Waals surface area contributed by atoms with E-state index in [1.165, 1.54) is 11.3 Å². The highest BCUT2D eigenvalue weighted by Crippen LogP contribution is 2.34. The third-order valence-electron chi connectivity index (χ3n) is 3.40. The van der Waals surface area contributed by atoms with Crippen LogP contribution in [0.1, 0.15) is 6.92 Å². The Morgan fingerprint density at radius 1 is 1.46 bits per heavy atom.